The first-order valence-electron chi connectivity index (χ1n) is 6.50. The number of carbonyl (C=O) groups is 2. The van der Waals surface area contributed by atoms with Gasteiger partial charge in [-0.05, 0) is 34.6 Å². The number of benzene rings is 1. The molecule has 0 saturated carbocycles. The van der Waals surface area contributed by atoms with E-state index in [1.165, 1.54) is 6.92 Å². The van der Waals surface area contributed by atoms with Gasteiger partial charge in [0.25, 0.3) is 5.91 Å². The van der Waals surface area contributed by atoms with Crippen LogP contribution in [0, 0.1) is 0 Å². The fourth-order valence-electron chi connectivity index (χ4n) is 1.82. The van der Waals surface area contributed by atoms with Crippen molar-refractivity contribution in [3.8, 4) is 5.69 Å². The lowest BCUT2D eigenvalue weighted by Crippen LogP contribution is -2.15. The number of carbonyl (C=O) groups excluding carboxylic acids is 2. The maximum Gasteiger partial charge on any atom is 0.257 e. The third-order valence-corrected chi connectivity index (χ3v) is 2.86. The fraction of sp³-hybridized carbons (Fsp3) is 0.0769. The summed E-state index contributed by atoms with van der Waals surface area (Å²) in [5, 5.41) is 19.4. The van der Waals surface area contributed by atoms with Gasteiger partial charge in [-0.2, -0.15) is 0 Å². The summed E-state index contributed by atoms with van der Waals surface area (Å²) in [5.74, 6) is -0.683. The van der Waals surface area contributed by atoms with Crippen molar-refractivity contribution >= 4 is 23.5 Å². The molecule has 0 atom stereocenters. The van der Waals surface area contributed by atoms with Crippen LogP contribution in [0.25, 0.3) is 5.69 Å². The summed E-state index contributed by atoms with van der Waals surface area (Å²) in [6, 6.07) is 6.76. The van der Waals surface area contributed by atoms with E-state index in [2.05, 4.69) is 35.8 Å². The van der Waals surface area contributed by atoms with Crippen LogP contribution in [0.2, 0.25) is 0 Å². The fourth-order valence-corrected chi connectivity index (χ4v) is 1.82. The van der Waals surface area contributed by atoms with E-state index < -0.39 is 5.91 Å². The van der Waals surface area contributed by atoms with Gasteiger partial charge in [0, 0.05) is 18.2 Å². The molecule has 0 saturated heterocycles. The highest BCUT2D eigenvalue weighted by atomic mass is 16.6. The molecule has 0 unspecified atom stereocenters. The van der Waals surface area contributed by atoms with Gasteiger partial charge in [-0.1, -0.05) is 0 Å². The van der Waals surface area contributed by atoms with Crippen LogP contribution in [0.1, 0.15) is 17.3 Å². The number of nitrogens with one attached hydrogen (secondary N) is 2. The van der Waals surface area contributed by atoms with E-state index in [4.69, 9.17) is 0 Å². The summed E-state index contributed by atoms with van der Waals surface area (Å²) in [6.45, 7) is 1.31. The first kappa shape index (κ1) is 14.4. The Hall–Kier alpha value is -3.56. The van der Waals surface area contributed by atoms with Crippen LogP contribution < -0.4 is 10.6 Å². The van der Waals surface area contributed by atoms with Crippen LogP contribution in [0.4, 0.5) is 11.6 Å². The Labute approximate surface area is 129 Å². The Balaban J connectivity index is 1.74. The lowest BCUT2D eigenvalue weighted by Gasteiger charge is -2.05. The van der Waals surface area contributed by atoms with Crippen molar-refractivity contribution in [1.82, 2.24) is 25.1 Å². The van der Waals surface area contributed by atoms with Crippen LogP contribution in [-0.2, 0) is 4.79 Å². The standard InChI is InChI=1S/C13H11N7O3/c1-8(21)16-11-12(19-23-18-11)17-13(22)9-2-4-10(5-3-9)20-6-14-15-7-20/h2-7H,1H3,(H,16,18,21)(H,17,19,22). The number of amides is 2. The van der Waals surface area contributed by atoms with Gasteiger partial charge >= 0.3 is 0 Å². The number of rotatable bonds is 4. The second kappa shape index (κ2) is 6.05. The van der Waals surface area contributed by atoms with Crippen molar-refractivity contribution in [3.63, 3.8) is 0 Å². The molecule has 0 aliphatic rings. The van der Waals surface area contributed by atoms with Crippen molar-refractivity contribution in [2.24, 2.45) is 0 Å². The van der Waals surface area contributed by atoms with Gasteiger partial charge in [0.1, 0.15) is 12.7 Å². The van der Waals surface area contributed by atoms with Gasteiger partial charge in [0.05, 0.1) is 0 Å². The molecule has 2 amide bonds. The van der Waals surface area contributed by atoms with Crippen molar-refractivity contribution in [3.05, 3.63) is 42.5 Å². The zero-order valence-electron chi connectivity index (χ0n) is 11.9. The van der Waals surface area contributed by atoms with E-state index in [1.54, 1.807) is 41.5 Å². The summed E-state index contributed by atoms with van der Waals surface area (Å²) < 4.78 is 6.21. The number of aromatic nitrogens is 5. The summed E-state index contributed by atoms with van der Waals surface area (Å²) >= 11 is 0. The lowest BCUT2D eigenvalue weighted by molar-refractivity contribution is -0.114. The predicted molar refractivity (Wildman–Crippen MR) is 77.9 cm³/mol. The largest absolute Gasteiger partial charge is 0.305 e. The molecule has 23 heavy (non-hydrogen) atoms. The van der Waals surface area contributed by atoms with E-state index in [-0.39, 0.29) is 17.5 Å². The van der Waals surface area contributed by atoms with E-state index in [1.807, 2.05) is 0 Å². The second-order valence-electron chi connectivity index (χ2n) is 4.51. The molecule has 10 heteroatoms. The molecule has 0 spiro atoms. The van der Waals surface area contributed by atoms with Gasteiger partial charge in [-0.3, -0.25) is 14.2 Å². The van der Waals surface area contributed by atoms with E-state index in [0.29, 0.717) is 5.56 Å². The van der Waals surface area contributed by atoms with Crippen molar-refractivity contribution in [1.29, 1.82) is 0 Å². The van der Waals surface area contributed by atoms with Crippen LogP contribution in [0.5, 0.6) is 0 Å². The Morgan fingerprint density at radius 1 is 1.00 bits per heavy atom. The van der Waals surface area contributed by atoms with Crippen LogP contribution in [0.15, 0.2) is 41.5 Å². The first-order chi connectivity index (χ1) is 11.1. The Bertz CT molecular complexity index is 824. The molecule has 0 aliphatic carbocycles. The molecule has 116 valence electrons. The Kier molecular flexibility index (Phi) is 3.78. The SMILES string of the molecule is CC(=O)Nc1nonc1NC(=O)c1ccc(-n2cnnc2)cc1. The van der Waals surface area contributed by atoms with Gasteiger partial charge in [0.2, 0.25) is 17.5 Å². The minimum atomic E-state index is -0.414. The molecule has 2 aromatic heterocycles. The molecule has 0 fully saturated rings. The molecule has 0 radical (unpaired) electrons. The molecule has 1 aromatic carbocycles. The van der Waals surface area contributed by atoms with Crippen molar-refractivity contribution in [2.75, 3.05) is 10.6 Å². The highest BCUT2D eigenvalue weighted by Gasteiger charge is 2.15. The zero-order valence-corrected chi connectivity index (χ0v) is 11.9. The summed E-state index contributed by atoms with van der Waals surface area (Å²) in [5.41, 5.74) is 1.21. The third-order valence-electron chi connectivity index (χ3n) is 2.86. The molecular formula is C13H11N7O3. The normalized spacial score (nSPS) is 10.3. The third kappa shape index (κ3) is 3.20. The monoisotopic (exact) mass is 313 g/mol. The summed E-state index contributed by atoms with van der Waals surface area (Å²) in [4.78, 5) is 23.2. The summed E-state index contributed by atoms with van der Waals surface area (Å²) in [7, 11) is 0. The molecule has 2 N–H and O–H groups in total. The maximum atomic E-state index is 12.2. The maximum absolute atomic E-state index is 12.2. The topological polar surface area (TPSA) is 128 Å². The molecule has 10 nitrogen and oxygen atoms in total. The average Bonchev–Trinajstić information content (AvgIpc) is 3.19. The highest BCUT2D eigenvalue weighted by molar-refractivity contribution is 6.05. The minimum absolute atomic E-state index is 0.0353. The van der Waals surface area contributed by atoms with Gasteiger partial charge in [-0.25, -0.2) is 4.63 Å². The quantitative estimate of drug-likeness (QED) is 0.731. The van der Waals surface area contributed by atoms with E-state index >= 15 is 0 Å². The van der Waals surface area contributed by atoms with E-state index in [9.17, 15) is 9.59 Å². The first-order valence-corrected chi connectivity index (χ1v) is 6.50. The molecule has 2 heterocycles. The Morgan fingerprint density at radius 3 is 2.22 bits per heavy atom. The van der Waals surface area contributed by atoms with Crippen LogP contribution in [0.3, 0.4) is 0 Å². The summed E-state index contributed by atoms with van der Waals surface area (Å²) in [6.07, 6.45) is 3.10. The molecular weight excluding hydrogens is 302 g/mol. The Morgan fingerprint density at radius 2 is 1.61 bits per heavy atom. The van der Waals surface area contributed by atoms with Crippen LogP contribution in [-0.4, -0.2) is 36.9 Å². The molecule has 0 aliphatic heterocycles. The number of nitrogens with zero attached hydrogens (tertiary/aromatic N) is 5. The highest BCUT2D eigenvalue weighted by Crippen LogP contribution is 2.17. The van der Waals surface area contributed by atoms with Crippen molar-refractivity contribution < 1.29 is 14.2 Å². The van der Waals surface area contributed by atoms with Gasteiger partial charge in [-0.15, -0.1) is 10.2 Å². The lowest BCUT2D eigenvalue weighted by atomic mass is 10.2. The average molecular weight is 313 g/mol. The van der Waals surface area contributed by atoms with Crippen LogP contribution >= 0.6 is 0 Å². The zero-order chi connectivity index (χ0) is 16.2. The molecule has 3 rings (SSSR count). The minimum Gasteiger partial charge on any atom is -0.305 e. The number of hydrogen-bond donors (Lipinski definition) is 2. The van der Waals surface area contributed by atoms with E-state index in [0.717, 1.165) is 5.69 Å². The van der Waals surface area contributed by atoms with Gasteiger partial charge in [0.15, 0.2) is 0 Å². The molecule has 0 bridgehead atoms. The van der Waals surface area contributed by atoms with Gasteiger partial charge < -0.3 is 10.6 Å². The number of hydrogen-bond acceptors (Lipinski definition) is 7. The molecule has 3 aromatic rings. The second-order valence-corrected chi connectivity index (χ2v) is 4.51. The number of anilines is 2. The smallest absolute Gasteiger partial charge is 0.257 e. The predicted octanol–water partition coefficient (Wildman–Crippen LogP) is 0.861. The van der Waals surface area contributed by atoms with Crippen molar-refractivity contribution in [2.45, 2.75) is 6.92 Å².